The Hall–Kier alpha value is -0.830. The van der Waals surface area contributed by atoms with Crippen molar-refractivity contribution in [1.29, 1.82) is 0 Å². The van der Waals surface area contributed by atoms with Crippen molar-refractivity contribution in [2.45, 2.75) is 6.92 Å². The minimum atomic E-state index is 1.06. The summed E-state index contributed by atoms with van der Waals surface area (Å²) in [7, 11) is 1.53. The van der Waals surface area contributed by atoms with Crippen molar-refractivity contribution in [2.75, 3.05) is 7.11 Å². The third-order valence-electron chi connectivity index (χ3n) is 1.61. The van der Waals surface area contributed by atoms with E-state index in [4.69, 9.17) is 0 Å². The van der Waals surface area contributed by atoms with E-state index in [9.17, 15) is 0 Å². The summed E-state index contributed by atoms with van der Waals surface area (Å²) in [6, 6.07) is 5.95. The molecule has 1 rings (SSSR count). The Labute approximate surface area is 80.4 Å². The Bertz CT molecular complexity index is 297. The zero-order valence-electron chi connectivity index (χ0n) is 7.04. The van der Waals surface area contributed by atoms with E-state index in [1.165, 1.54) is 12.7 Å². The van der Waals surface area contributed by atoms with E-state index in [0.717, 1.165) is 10.0 Å². The molecule has 12 heavy (non-hydrogen) atoms. The molecule has 0 aromatic heterocycles. The first-order chi connectivity index (χ1) is 5.75. The third kappa shape index (κ3) is 2.08. The van der Waals surface area contributed by atoms with Crippen LogP contribution in [0.3, 0.4) is 0 Å². The quantitative estimate of drug-likeness (QED) is 0.563. The van der Waals surface area contributed by atoms with E-state index in [0.29, 0.717) is 0 Å². The fraction of sp³-hybridized carbons (Fsp3) is 0.222. The molecule has 64 valence electrons. The average Bonchev–Trinajstić information content (AvgIpc) is 2.08. The van der Waals surface area contributed by atoms with Gasteiger partial charge < -0.3 is 4.84 Å². The Kier molecular flexibility index (Phi) is 3.29. The van der Waals surface area contributed by atoms with Crippen molar-refractivity contribution in [3.8, 4) is 0 Å². The summed E-state index contributed by atoms with van der Waals surface area (Å²) >= 11 is 3.44. The zero-order valence-corrected chi connectivity index (χ0v) is 8.63. The highest BCUT2D eigenvalue weighted by Gasteiger charge is 1.97. The highest BCUT2D eigenvalue weighted by atomic mass is 79.9. The molecule has 1 aromatic carbocycles. The molecule has 0 unspecified atom stereocenters. The minimum Gasteiger partial charge on any atom is -0.399 e. The van der Waals surface area contributed by atoms with E-state index in [-0.39, 0.29) is 0 Å². The van der Waals surface area contributed by atoms with E-state index in [2.05, 4.69) is 25.9 Å². The van der Waals surface area contributed by atoms with E-state index in [1.54, 1.807) is 6.21 Å². The molecule has 0 atom stereocenters. The van der Waals surface area contributed by atoms with Gasteiger partial charge in [0.1, 0.15) is 7.11 Å². The van der Waals surface area contributed by atoms with Crippen molar-refractivity contribution in [1.82, 2.24) is 0 Å². The van der Waals surface area contributed by atoms with Crippen LogP contribution in [0, 0.1) is 6.92 Å². The molecule has 0 aliphatic carbocycles. The lowest BCUT2D eigenvalue weighted by atomic mass is 10.1. The summed E-state index contributed by atoms with van der Waals surface area (Å²) in [6.07, 6.45) is 1.69. The molecule has 0 saturated carbocycles. The van der Waals surface area contributed by atoms with Gasteiger partial charge in [0.15, 0.2) is 0 Å². The van der Waals surface area contributed by atoms with Crippen molar-refractivity contribution < 1.29 is 4.84 Å². The number of nitrogens with zero attached hydrogens (tertiary/aromatic N) is 1. The van der Waals surface area contributed by atoms with Crippen molar-refractivity contribution in [2.24, 2.45) is 5.16 Å². The molecule has 1 aromatic rings. The normalized spacial score (nSPS) is 10.6. The fourth-order valence-electron chi connectivity index (χ4n) is 0.873. The molecule has 3 heteroatoms. The van der Waals surface area contributed by atoms with Crippen molar-refractivity contribution >= 4 is 22.1 Å². The minimum absolute atomic E-state index is 1.06. The predicted octanol–water partition coefficient (Wildman–Crippen LogP) is 2.74. The van der Waals surface area contributed by atoms with E-state index >= 15 is 0 Å². The van der Waals surface area contributed by atoms with Gasteiger partial charge in [0.05, 0.1) is 6.21 Å². The van der Waals surface area contributed by atoms with Gasteiger partial charge in [-0.05, 0) is 18.6 Å². The van der Waals surface area contributed by atoms with Crippen LogP contribution in [-0.4, -0.2) is 13.3 Å². The number of rotatable bonds is 2. The molecule has 2 nitrogen and oxygen atoms in total. The van der Waals surface area contributed by atoms with Crippen LogP contribution < -0.4 is 0 Å². The zero-order chi connectivity index (χ0) is 8.97. The van der Waals surface area contributed by atoms with Gasteiger partial charge in [-0.3, -0.25) is 0 Å². The molecule has 0 bridgehead atoms. The van der Waals surface area contributed by atoms with Gasteiger partial charge in [-0.1, -0.05) is 33.2 Å². The third-order valence-corrected chi connectivity index (χ3v) is 2.47. The Balaban J connectivity index is 3.00. The monoisotopic (exact) mass is 227 g/mol. The fourth-order valence-corrected chi connectivity index (χ4v) is 1.26. The molecule has 0 fully saturated rings. The first-order valence-corrected chi connectivity index (χ1v) is 4.36. The van der Waals surface area contributed by atoms with Crippen LogP contribution in [0.1, 0.15) is 11.1 Å². The summed E-state index contributed by atoms with van der Waals surface area (Å²) in [5.74, 6) is 0. The molecule has 0 amide bonds. The van der Waals surface area contributed by atoms with Gasteiger partial charge in [-0.15, -0.1) is 0 Å². The largest absolute Gasteiger partial charge is 0.399 e. The Morgan fingerprint density at radius 3 is 2.92 bits per heavy atom. The summed E-state index contributed by atoms with van der Waals surface area (Å²) < 4.78 is 1.09. The van der Waals surface area contributed by atoms with Gasteiger partial charge in [-0.25, -0.2) is 0 Å². The topological polar surface area (TPSA) is 21.6 Å². The summed E-state index contributed by atoms with van der Waals surface area (Å²) in [6.45, 7) is 2.03. The maximum Gasteiger partial charge on any atom is 0.106 e. The maximum atomic E-state index is 4.59. The SMILES string of the molecule is CO/N=C/c1cccc(Br)c1C. The molecule has 0 saturated heterocycles. The Morgan fingerprint density at radius 1 is 1.50 bits per heavy atom. The van der Waals surface area contributed by atoms with E-state index < -0.39 is 0 Å². The van der Waals surface area contributed by atoms with Gasteiger partial charge in [0, 0.05) is 10.0 Å². The number of halogens is 1. The van der Waals surface area contributed by atoms with Crippen LogP contribution in [0.15, 0.2) is 27.8 Å². The molecule has 0 radical (unpaired) electrons. The van der Waals surface area contributed by atoms with Crippen LogP contribution in [0.5, 0.6) is 0 Å². The van der Waals surface area contributed by atoms with Crippen LogP contribution in [0.25, 0.3) is 0 Å². The molecule has 0 aliphatic rings. The van der Waals surface area contributed by atoms with E-state index in [1.807, 2.05) is 25.1 Å². The maximum absolute atomic E-state index is 4.59. The van der Waals surface area contributed by atoms with Crippen LogP contribution >= 0.6 is 15.9 Å². The summed E-state index contributed by atoms with van der Waals surface area (Å²) in [5, 5.41) is 3.70. The van der Waals surface area contributed by atoms with Gasteiger partial charge in [-0.2, -0.15) is 0 Å². The molecule has 0 spiro atoms. The van der Waals surface area contributed by atoms with Crippen LogP contribution in [0.2, 0.25) is 0 Å². The molecular formula is C9H10BrNO. The second-order valence-corrected chi connectivity index (χ2v) is 3.23. The lowest BCUT2D eigenvalue weighted by Gasteiger charge is -2.00. The smallest absolute Gasteiger partial charge is 0.106 e. The Morgan fingerprint density at radius 2 is 2.25 bits per heavy atom. The van der Waals surface area contributed by atoms with Gasteiger partial charge in [0.25, 0.3) is 0 Å². The van der Waals surface area contributed by atoms with Crippen LogP contribution in [0.4, 0.5) is 0 Å². The lowest BCUT2D eigenvalue weighted by Crippen LogP contribution is -1.87. The van der Waals surface area contributed by atoms with Crippen molar-refractivity contribution in [3.05, 3.63) is 33.8 Å². The second kappa shape index (κ2) is 4.26. The summed E-state index contributed by atoms with van der Waals surface area (Å²) in [4.78, 5) is 4.59. The molecule has 0 heterocycles. The molecule has 0 N–H and O–H groups in total. The first-order valence-electron chi connectivity index (χ1n) is 3.57. The number of hydrogen-bond donors (Lipinski definition) is 0. The second-order valence-electron chi connectivity index (χ2n) is 2.37. The van der Waals surface area contributed by atoms with Crippen LogP contribution in [-0.2, 0) is 4.84 Å². The number of benzene rings is 1. The average molecular weight is 228 g/mol. The van der Waals surface area contributed by atoms with Gasteiger partial charge >= 0.3 is 0 Å². The predicted molar refractivity (Wildman–Crippen MR) is 53.5 cm³/mol. The molecular weight excluding hydrogens is 218 g/mol. The highest BCUT2D eigenvalue weighted by molar-refractivity contribution is 9.10. The van der Waals surface area contributed by atoms with Crippen molar-refractivity contribution in [3.63, 3.8) is 0 Å². The first kappa shape index (κ1) is 9.26. The molecule has 0 aliphatic heterocycles. The number of hydrogen-bond acceptors (Lipinski definition) is 2. The standard InChI is InChI=1S/C9H10BrNO/c1-7-8(6-11-12-2)4-3-5-9(7)10/h3-6H,1-2H3/b11-6+. The lowest BCUT2D eigenvalue weighted by molar-refractivity contribution is 0.215. The summed E-state index contributed by atoms with van der Waals surface area (Å²) in [5.41, 5.74) is 2.23. The van der Waals surface area contributed by atoms with Gasteiger partial charge in [0.2, 0.25) is 0 Å². The number of oxime groups is 1. The highest BCUT2D eigenvalue weighted by Crippen LogP contribution is 2.17.